The lowest BCUT2D eigenvalue weighted by molar-refractivity contribution is -0.118. The lowest BCUT2D eigenvalue weighted by Crippen LogP contribution is -2.25. The highest BCUT2D eigenvalue weighted by molar-refractivity contribution is 7.99. The van der Waals surface area contributed by atoms with Crippen molar-refractivity contribution in [2.45, 2.75) is 11.7 Å². The first-order valence-electron chi connectivity index (χ1n) is 10.4. The normalized spacial score (nSPS) is 10.8. The number of carbonyl (C=O) groups is 1. The van der Waals surface area contributed by atoms with Gasteiger partial charge in [0.25, 0.3) is 5.95 Å². The fraction of sp³-hybridized carbons (Fsp3) is 0.0833. The lowest BCUT2D eigenvalue weighted by atomic mass is 10.2. The molecule has 0 bridgehead atoms. The highest BCUT2D eigenvalue weighted by atomic mass is 32.2. The van der Waals surface area contributed by atoms with E-state index >= 15 is 0 Å². The van der Waals surface area contributed by atoms with Crippen molar-refractivity contribution in [3.05, 3.63) is 96.1 Å². The first kappa shape index (κ1) is 22.9. The minimum atomic E-state index is -0.123. The molecule has 0 saturated carbocycles. The van der Waals surface area contributed by atoms with Gasteiger partial charge in [0.15, 0.2) is 0 Å². The van der Waals surface area contributed by atoms with Crippen molar-refractivity contribution < 1.29 is 9.53 Å². The van der Waals surface area contributed by atoms with E-state index < -0.39 is 0 Å². The summed E-state index contributed by atoms with van der Waals surface area (Å²) in [6, 6.07) is 26.7. The molecule has 0 unspecified atom stereocenters. The molecule has 1 aromatic heterocycles. The molecule has 34 heavy (non-hydrogen) atoms. The zero-order chi connectivity index (χ0) is 23.6. The minimum Gasteiger partial charge on any atom is -0.457 e. The van der Waals surface area contributed by atoms with Crippen LogP contribution in [-0.2, 0) is 11.3 Å². The van der Waals surface area contributed by atoms with Crippen LogP contribution in [0.2, 0.25) is 0 Å². The summed E-state index contributed by atoms with van der Waals surface area (Å²) < 4.78 is 7.08. The highest BCUT2D eigenvalue weighted by Gasteiger charge is 2.12. The second-order valence-electron chi connectivity index (χ2n) is 7.08. The predicted molar refractivity (Wildman–Crippen MR) is 133 cm³/mol. The van der Waals surface area contributed by atoms with Gasteiger partial charge in [-0.25, -0.2) is 10.1 Å². The standard InChI is InChI=1S/C24H23N7O2S/c25-31-23(29-30-24(31)34-17-22(32)26-15-18-8-3-1-4-9-18)28-27-16-19-10-7-13-21(14-19)33-20-11-5-2-6-12-20/h1-14,16H,15,17,25H2,(H,26,32)(H,28,29)/b27-16+. The Morgan fingerprint density at radius 1 is 1.00 bits per heavy atom. The number of nitrogens with zero attached hydrogens (tertiary/aromatic N) is 4. The van der Waals surface area contributed by atoms with Crippen LogP contribution in [0.25, 0.3) is 0 Å². The third-order valence-electron chi connectivity index (χ3n) is 4.54. The number of amides is 1. The van der Waals surface area contributed by atoms with Gasteiger partial charge >= 0.3 is 0 Å². The third-order valence-corrected chi connectivity index (χ3v) is 5.49. The number of carbonyl (C=O) groups excluding carboxylic acids is 1. The van der Waals surface area contributed by atoms with Crippen LogP contribution in [0.1, 0.15) is 11.1 Å². The second kappa shape index (κ2) is 11.5. The summed E-state index contributed by atoms with van der Waals surface area (Å²) in [5.41, 5.74) is 4.62. The number of nitrogen functional groups attached to an aromatic ring is 1. The van der Waals surface area contributed by atoms with E-state index in [1.807, 2.05) is 84.9 Å². The molecule has 10 heteroatoms. The molecule has 0 fully saturated rings. The fourth-order valence-electron chi connectivity index (χ4n) is 2.88. The van der Waals surface area contributed by atoms with Crippen LogP contribution >= 0.6 is 11.8 Å². The maximum absolute atomic E-state index is 12.1. The molecule has 0 saturated heterocycles. The van der Waals surface area contributed by atoms with Gasteiger partial charge in [-0.2, -0.15) is 5.10 Å². The molecule has 172 valence electrons. The van der Waals surface area contributed by atoms with Crippen LogP contribution in [0, 0.1) is 0 Å². The topological polar surface area (TPSA) is 119 Å². The molecule has 4 rings (SSSR count). The number of hydrazone groups is 1. The number of aromatic nitrogens is 3. The van der Waals surface area contributed by atoms with Crippen LogP contribution in [0.15, 0.2) is 95.2 Å². The Hall–Kier alpha value is -4.31. The summed E-state index contributed by atoms with van der Waals surface area (Å²) in [7, 11) is 0. The average molecular weight is 474 g/mol. The number of hydrogen-bond acceptors (Lipinski definition) is 8. The molecule has 0 aliphatic rings. The molecule has 0 spiro atoms. The van der Waals surface area contributed by atoms with Crippen molar-refractivity contribution in [3.8, 4) is 11.5 Å². The Labute approximate surface area is 201 Å². The van der Waals surface area contributed by atoms with Gasteiger partial charge in [-0.1, -0.05) is 72.4 Å². The quantitative estimate of drug-likeness (QED) is 0.139. The molecule has 9 nitrogen and oxygen atoms in total. The average Bonchev–Trinajstić information content (AvgIpc) is 3.22. The molecule has 0 atom stereocenters. The van der Waals surface area contributed by atoms with Gasteiger partial charge in [-0.05, 0) is 35.4 Å². The van der Waals surface area contributed by atoms with E-state index in [2.05, 4.69) is 26.0 Å². The molecule has 0 aliphatic carbocycles. The third kappa shape index (κ3) is 6.59. The molecule has 1 heterocycles. The Balaban J connectivity index is 1.27. The zero-order valence-corrected chi connectivity index (χ0v) is 19.0. The van der Waals surface area contributed by atoms with Gasteiger partial charge in [-0.3, -0.25) is 4.79 Å². The van der Waals surface area contributed by atoms with Gasteiger partial charge in [0, 0.05) is 6.54 Å². The molecule has 0 radical (unpaired) electrons. The van der Waals surface area contributed by atoms with Crippen LogP contribution in [0.3, 0.4) is 0 Å². The predicted octanol–water partition coefficient (Wildman–Crippen LogP) is 3.64. The molecular formula is C24H23N7O2S. The van der Waals surface area contributed by atoms with E-state index in [1.165, 1.54) is 16.4 Å². The van der Waals surface area contributed by atoms with E-state index in [9.17, 15) is 4.79 Å². The summed E-state index contributed by atoms with van der Waals surface area (Å²) in [6.45, 7) is 0.467. The molecule has 4 N–H and O–H groups in total. The number of benzene rings is 3. The maximum atomic E-state index is 12.1. The molecule has 1 amide bonds. The van der Waals surface area contributed by atoms with Gasteiger partial charge in [0.1, 0.15) is 11.5 Å². The number of thioether (sulfide) groups is 1. The molecule has 3 aromatic carbocycles. The molecule has 0 aliphatic heterocycles. The van der Waals surface area contributed by atoms with Crippen molar-refractivity contribution in [3.63, 3.8) is 0 Å². The highest BCUT2D eigenvalue weighted by Crippen LogP contribution is 2.21. The number of nitrogens with one attached hydrogen (secondary N) is 2. The second-order valence-corrected chi connectivity index (χ2v) is 8.03. The smallest absolute Gasteiger partial charge is 0.264 e. The molecular weight excluding hydrogens is 450 g/mol. The van der Waals surface area contributed by atoms with Crippen molar-refractivity contribution in [1.29, 1.82) is 0 Å². The Morgan fingerprint density at radius 2 is 1.74 bits per heavy atom. The number of hydrogen-bond donors (Lipinski definition) is 3. The van der Waals surface area contributed by atoms with Gasteiger partial charge in [-0.15, -0.1) is 10.2 Å². The van der Waals surface area contributed by atoms with Crippen molar-refractivity contribution in [1.82, 2.24) is 20.2 Å². The van der Waals surface area contributed by atoms with E-state index in [-0.39, 0.29) is 17.6 Å². The largest absolute Gasteiger partial charge is 0.457 e. The van der Waals surface area contributed by atoms with Crippen LogP contribution in [0.5, 0.6) is 11.5 Å². The number of rotatable bonds is 10. The number of ether oxygens (including phenoxy) is 1. The number of para-hydroxylation sites is 1. The van der Waals surface area contributed by atoms with E-state index in [0.29, 0.717) is 17.5 Å². The monoisotopic (exact) mass is 473 g/mol. The van der Waals surface area contributed by atoms with Gasteiger partial charge < -0.3 is 15.9 Å². The number of nitrogens with two attached hydrogens (primary N) is 1. The Bertz CT molecular complexity index is 1250. The van der Waals surface area contributed by atoms with E-state index in [1.54, 1.807) is 6.21 Å². The fourth-order valence-corrected chi connectivity index (χ4v) is 3.56. The first-order valence-corrected chi connectivity index (χ1v) is 11.4. The summed E-state index contributed by atoms with van der Waals surface area (Å²) in [6.07, 6.45) is 1.62. The number of anilines is 1. The lowest BCUT2D eigenvalue weighted by Gasteiger charge is -2.06. The summed E-state index contributed by atoms with van der Waals surface area (Å²) in [5.74, 6) is 7.77. The van der Waals surface area contributed by atoms with E-state index in [0.717, 1.165) is 16.9 Å². The Kier molecular flexibility index (Phi) is 7.75. The first-order chi connectivity index (χ1) is 16.7. The van der Waals surface area contributed by atoms with Crippen molar-refractivity contribution >= 4 is 29.8 Å². The summed E-state index contributed by atoms with van der Waals surface area (Å²) in [5, 5.41) is 15.4. The Morgan fingerprint density at radius 3 is 2.53 bits per heavy atom. The van der Waals surface area contributed by atoms with Gasteiger partial charge in [0.05, 0.1) is 12.0 Å². The zero-order valence-electron chi connectivity index (χ0n) is 18.2. The maximum Gasteiger partial charge on any atom is 0.264 e. The van der Waals surface area contributed by atoms with Crippen molar-refractivity contribution in [2.75, 3.05) is 17.0 Å². The summed E-state index contributed by atoms with van der Waals surface area (Å²) in [4.78, 5) is 12.1. The minimum absolute atomic E-state index is 0.123. The van der Waals surface area contributed by atoms with Crippen molar-refractivity contribution in [2.24, 2.45) is 5.10 Å². The van der Waals surface area contributed by atoms with Crippen LogP contribution < -0.4 is 21.3 Å². The van der Waals surface area contributed by atoms with Crippen LogP contribution in [-0.4, -0.2) is 32.7 Å². The molecule has 4 aromatic rings. The SMILES string of the molecule is Nn1c(N/N=C/c2cccc(Oc3ccccc3)c2)nnc1SCC(=O)NCc1ccccc1. The van der Waals surface area contributed by atoms with Crippen LogP contribution in [0.4, 0.5) is 5.95 Å². The van der Waals surface area contributed by atoms with Gasteiger partial charge in [0.2, 0.25) is 11.1 Å². The van der Waals surface area contributed by atoms with E-state index in [4.69, 9.17) is 10.6 Å². The summed E-state index contributed by atoms with van der Waals surface area (Å²) >= 11 is 1.19.